The van der Waals surface area contributed by atoms with Gasteiger partial charge in [-0.25, -0.2) is 0 Å². The van der Waals surface area contributed by atoms with Crippen molar-refractivity contribution in [1.82, 2.24) is 10.5 Å². The van der Waals surface area contributed by atoms with Crippen LogP contribution in [-0.2, 0) is 21.4 Å². The predicted molar refractivity (Wildman–Crippen MR) is 97.8 cm³/mol. The summed E-state index contributed by atoms with van der Waals surface area (Å²) >= 11 is 0. The average molecular weight is 354 g/mol. The molecule has 1 N–H and O–H groups in total. The standard InChI is InChI=1S/C21H26N2O3/c1-15-11-18(26-23-15)12-16-13-25-14-19(16)22-20(24)21(9-5-6-10-21)17-7-3-2-4-8-17/h2-4,7-8,11,16,19H,5-6,9-10,12-14H2,1H3,(H,22,24)/t16-,19+/m1/s1. The molecule has 1 aromatic heterocycles. The SMILES string of the molecule is Cc1cc(C[C@@H]2COC[C@@H]2NC(=O)C2(c3ccccc3)CCCC2)on1. The molecule has 4 rings (SSSR count). The van der Waals surface area contributed by atoms with E-state index in [0.717, 1.165) is 49.1 Å². The molecule has 1 saturated carbocycles. The van der Waals surface area contributed by atoms with Crippen molar-refractivity contribution in [2.24, 2.45) is 5.92 Å². The number of carbonyl (C=O) groups is 1. The van der Waals surface area contributed by atoms with E-state index in [2.05, 4.69) is 22.6 Å². The van der Waals surface area contributed by atoms with Crippen LogP contribution in [0, 0.1) is 12.8 Å². The summed E-state index contributed by atoms with van der Waals surface area (Å²) < 4.78 is 11.0. The van der Waals surface area contributed by atoms with E-state index < -0.39 is 5.41 Å². The van der Waals surface area contributed by atoms with Crippen molar-refractivity contribution in [3.05, 3.63) is 53.4 Å². The number of carbonyl (C=O) groups excluding carboxylic acids is 1. The van der Waals surface area contributed by atoms with Crippen LogP contribution in [-0.4, -0.2) is 30.3 Å². The molecule has 1 amide bonds. The molecule has 0 bridgehead atoms. The number of ether oxygens (including phenoxy) is 1. The van der Waals surface area contributed by atoms with Crippen LogP contribution in [0.4, 0.5) is 0 Å². The van der Waals surface area contributed by atoms with Crippen LogP contribution < -0.4 is 5.32 Å². The van der Waals surface area contributed by atoms with Crippen LogP contribution in [0.5, 0.6) is 0 Å². The van der Waals surface area contributed by atoms with E-state index in [1.807, 2.05) is 31.2 Å². The monoisotopic (exact) mass is 354 g/mol. The minimum absolute atomic E-state index is 0.0223. The fourth-order valence-electron chi connectivity index (χ4n) is 4.42. The first kappa shape index (κ1) is 17.3. The molecule has 0 spiro atoms. The quantitative estimate of drug-likeness (QED) is 0.896. The molecule has 5 heteroatoms. The third-order valence-corrected chi connectivity index (χ3v) is 5.87. The van der Waals surface area contributed by atoms with E-state index in [4.69, 9.17) is 9.26 Å². The van der Waals surface area contributed by atoms with Crippen molar-refractivity contribution in [1.29, 1.82) is 0 Å². The normalized spacial score (nSPS) is 24.7. The lowest BCUT2D eigenvalue weighted by Crippen LogP contribution is -2.49. The van der Waals surface area contributed by atoms with Gasteiger partial charge in [0.2, 0.25) is 5.91 Å². The van der Waals surface area contributed by atoms with Crippen LogP contribution in [0.1, 0.15) is 42.7 Å². The Morgan fingerprint density at radius 3 is 2.69 bits per heavy atom. The lowest BCUT2D eigenvalue weighted by Gasteiger charge is -2.31. The van der Waals surface area contributed by atoms with Crippen molar-refractivity contribution >= 4 is 5.91 Å². The van der Waals surface area contributed by atoms with Gasteiger partial charge in [0.25, 0.3) is 0 Å². The Morgan fingerprint density at radius 2 is 2.00 bits per heavy atom. The molecule has 1 aliphatic heterocycles. The Kier molecular flexibility index (Phi) is 4.81. The zero-order valence-electron chi connectivity index (χ0n) is 15.2. The highest BCUT2D eigenvalue weighted by atomic mass is 16.5. The highest BCUT2D eigenvalue weighted by Gasteiger charge is 2.44. The highest BCUT2D eigenvalue weighted by Crippen LogP contribution is 2.41. The molecule has 2 fully saturated rings. The van der Waals surface area contributed by atoms with E-state index in [9.17, 15) is 4.79 Å². The smallest absolute Gasteiger partial charge is 0.230 e. The molecular formula is C21H26N2O3. The van der Waals surface area contributed by atoms with Crippen molar-refractivity contribution in [3.63, 3.8) is 0 Å². The Hall–Kier alpha value is -2.14. The summed E-state index contributed by atoms with van der Waals surface area (Å²) in [6.07, 6.45) is 4.78. The summed E-state index contributed by atoms with van der Waals surface area (Å²) in [4.78, 5) is 13.3. The largest absolute Gasteiger partial charge is 0.379 e. The van der Waals surface area contributed by atoms with Crippen LogP contribution in [0.2, 0.25) is 0 Å². The van der Waals surface area contributed by atoms with Gasteiger partial charge in [-0.3, -0.25) is 4.79 Å². The zero-order valence-corrected chi connectivity index (χ0v) is 15.2. The van der Waals surface area contributed by atoms with Crippen LogP contribution in [0.3, 0.4) is 0 Å². The molecule has 2 heterocycles. The number of benzene rings is 1. The van der Waals surface area contributed by atoms with Crippen molar-refractivity contribution in [2.45, 2.75) is 50.5 Å². The second kappa shape index (κ2) is 7.23. The number of hydrogen-bond donors (Lipinski definition) is 1. The van der Waals surface area contributed by atoms with Crippen LogP contribution >= 0.6 is 0 Å². The summed E-state index contributed by atoms with van der Waals surface area (Å²) in [6, 6.07) is 12.2. The van der Waals surface area contributed by atoms with Crippen LogP contribution in [0.15, 0.2) is 40.9 Å². The van der Waals surface area contributed by atoms with Crippen molar-refractivity contribution in [2.75, 3.05) is 13.2 Å². The lowest BCUT2D eigenvalue weighted by atomic mass is 9.77. The molecule has 138 valence electrons. The number of amides is 1. The van der Waals surface area contributed by atoms with Gasteiger partial charge in [0.1, 0.15) is 5.76 Å². The molecule has 1 aromatic carbocycles. The van der Waals surface area contributed by atoms with Crippen LogP contribution in [0.25, 0.3) is 0 Å². The van der Waals surface area contributed by atoms with E-state index in [1.54, 1.807) is 0 Å². The van der Waals surface area contributed by atoms with Gasteiger partial charge >= 0.3 is 0 Å². The van der Waals surface area contributed by atoms with Gasteiger partial charge in [0.15, 0.2) is 0 Å². The van der Waals surface area contributed by atoms with Gasteiger partial charge in [0, 0.05) is 18.4 Å². The minimum Gasteiger partial charge on any atom is -0.379 e. The zero-order chi connectivity index (χ0) is 18.0. The summed E-state index contributed by atoms with van der Waals surface area (Å²) in [5.41, 5.74) is 1.63. The van der Waals surface area contributed by atoms with Gasteiger partial charge in [-0.2, -0.15) is 0 Å². The molecule has 1 saturated heterocycles. The van der Waals surface area contributed by atoms with E-state index in [0.29, 0.717) is 13.2 Å². The number of aryl methyl sites for hydroxylation is 1. The molecule has 1 aliphatic carbocycles. The first-order valence-corrected chi connectivity index (χ1v) is 9.54. The fraction of sp³-hybridized carbons (Fsp3) is 0.524. The summed E-state index contributed by atoms with van der Waals surface area (Å²) in [5, 5.41) is 7.27. The summed E-state index contributed by atoms with van der Waals surface area (Å²) in [5.74, 6) is 1.23. The number of hydrogen-bond acceptors (Lipinski definition) is 4. The summed E-state index contributed by atoms with van der Waals surface area (Å²) in [7, 11) is 0. The molecule has 2 atom stereocenters. The second-order valence-electron chi connectivity index (χ2n) is 7.67. The molecule has 2 aliphatic rings. The Morgan fingerprint density at radius 1 is 1.23 bits per heavy atom. The summed E-state index contributed by atoms with van der Waals surface area (Å²) in [6.45, 7) is 3.12. The van der Waals surface area contributed by atoms with E-state index >= 15 is 0 Å². The highest BCUT2D eigenvalue weighted by molar-refractivity contribution is 5.88. The Labute approximate surface area is 154 Å². The van der Waals surface area contributed by atoms with Gasteiger partial charge in [-0.05, 0) is 25.3 Å². The van der Waals surface area contributed by atoms with Gasteiger partial charge in [0.05, 0.1) is 30.4 Å². The minimum atomic E-state index is -0.392. The topological polar surface area (TPSA) is 64.4 Å². The molecule has 0 radical (unpaired) electrons. The predicted octanol–water partition coefficient (Wildman–Crippen LogP) is 3.17. The maximum absolute atomic E-state index is 13.3. The molecule has 26 heavy (non-hydrogen) atoms. The van der Waals surface area contributed by atoms with E-state index in [-0.39, 0.29) is 17.9 Å². The van der Waals surface area contributed by atoms with Crippen molar-refractivity contribution in [3.8, 4) is 0 Å². The number of nitrogens with one attached hydrogen (secondary N) is 1. The first-order valence-electron chi connectivity index (χ1n) is 9.54. The van der Waals surface area contributed by atoms with Gasteiger partial charge in [-0.15, -0.1) is 0 Å². The first-order chi connectivity index (χ1) is 12.7. The maximum Gasteiger partial charge on any atom is 0.230 e. The van der Waals surface area contributed by atoms with Gasteiger partial charge in [-0.1, -0.05) is 48.3 Å². The number of rotatable bonds is 5. The molecule has 0 unspecified atom stereocenters. The third-order valence-electron chi connectivity index (χ3n) is 5.87. The maximum atomic E-state index is 13.3. The molecule has 5 nitrogen and oxygen atoms in total. The van der Waals surface area contributed by atoms with E-state index in [1.165, 1.54) is 0 Å². The number of nitrogens with zero attached hydrogens (tertiary/aromatic N) is 1. The third kappa shape index (κ3) is 3.28. The Bertz CT molecular complexity index is 750. The second-order valence-corrected chi connectivity index (χ2v) is 7.67. The number of aromatic nitrogens is 1. The fourth-order valence-corrected chi connectivity index (χ4v) is 4.42. The molecule has 2 aromatic rings. The molecular weight excluding hydrogens is 328 g/mol. The lowest BCUT2D eigenvalue weighted by molar-refractivity contribution is -0.127. The Balaban J connectivity index is 1.49. The van der Waals surface area contributed by atoms with Gasteiger partial charge < -0.3 is 14.6 Å². The van der Waals surface area contributed by atoms with Crippen molar-refractivity contribution < 1.29 is 14.1 Å². The average Bonchev–Trinajstić information content (AvgIpc) is 3.39.